The van der Waals surface area contributed by atoms with Gasteiger partial charge in [0.2, 0.25) is 5.95 Å². The number of hydrogen-bond acceptors (Lipinski definition) is 7. The smallest absolute Gasteiger partial charge is 0.274 e. The molecule has 0 bridgehead atoms. The molecule has 3 heterocycles. The van der Waals surface area contributed by atoms with Gasteiger partial charge >= 0.3 is 0 Å². The summed E-state index contributed by atoms with van der Waals surface area (Å²) in [7, 11) is 3.33. The van der Waals surface area contributed by atoms with Gasteiger partial charge in [0, 0.05) is 44.1 Å². The predicted octanol–water partition coefficient (Wildman–Crippen LogP) is 1.20. The van der Waals surface area contributed by atoms with Crippen molar-refractivity contribution in [3.8, 4) is 5.82 Å². The zero-order valence-electron chi connectivity index (χ0n) is 16.9. The van der Waals surface area contributed by atoms with E-state index in [9.17, 15) is 9.90 Å². The molecular formula is C20H22N8O2. The van der Waals surface area contributed by atoms with E-state index in [0.717, 1.165) is 0 Å². The Morgan fingerprint density at radius 3 is 2.73 bits per heavy atom. The lowest BCUT2D eigenvalue weighted by molar-refractivity contribution is 0.0347. The molecule has 3 aromatic heterocycles. The van der Waals surface area contributed by atoms with E-state index in [1.54, 1.807) is 68.4 Å². The highest BCUT2D eigenvalue weighted by molar-refractivity contribution is 6.05. The molecule has 1 atom stereocenters. The number of aliphatic hydroxyl groups is 1. The first-order valence-corrected chi connectivity index (χ1v) is 9.30. The van der Waals surface area contributed by atoms with E-state index >= 15 is 0 Å². The molecule has 0 aliphatic rings. The normalized spacial score (nSPS) is 13.3. The van der Waals surface area contributed by atoms with E-state index in [2.05, 4.69) is 20.2 Å². The number of amides is 1. The molecule has 10 heteroatoms. The van der Waals surface area contributed by atoms with Crippen molar-refractivity contribution in [2.24, 2.45) is 0 Å². The van der Waals surface area contributed by atoms with Crippen LogP contribution >= 0.6 is 0 Å². The molecular weight excluding hydrogens is 384 g/mol. The molecule has 0 aliphatic heterocycles. The molecule has 0 aliphatic carbocycles. The van der Waals surface area contributed by atoms with Crippen LogP contribution in [0.3, 0.4) is 0 Å². The molecule has 1 amide bonds. The molecule has 0 saturated carbocycles. The molecule has 1 aromatic carbocycles. The second-order valence-electron chi connectivity index (χ2n) is 7.44. The first kappa shape index (κ1) is 19.5. The van der Waals surface area contributed by atoms with Crippen molar-refractivity contribution in [3.63, 3.8) is 0 Å². The third-order valence-corrected chi connectivity index (χ3v) is 4.82. The standard InChI is InChI=1S/C20H22N8O2/c1-20(30,12-27-10-4-8-23-27)13-5-6-14-15(11-13)28(16-7-9-22-19(21)24-16)25-17(14)18(29)26(2)3/h4-11,30H,12H2,1-3H3,(H2,21,22,24). The number of nitrogens with zero attached hydrogens (tertiary/aromatic N) is 7. The average Bonchev–Trinajstić information content (AvgIpc) is 3.34. The summed E-state index contributed by atoms with van der Waals surface area (Å²) in [6.45, 7) is 1.98. The SMILES string of the molecule is CN(C)C(=O)c1nn(-c2ccnc(N)n2)c2cc(C(C)(O)Cn3cccn3)ccc12. The van der Waals surface area contributed by atoms with Crippen molar-refractivity contribution >= 4 is 22.8 Å². The van der Waals surface area contributed by atoms with Crippen LogP contribution in [-0.2, 0) is 12.1 Å². The number of fused-ring (bicyclic) bond motifs is 1. The molecule has 0 radical (unpaired) electrons. The maximum Gasteiger partial charge on any atom is 0.274 e. The largest absolute Gasteiger partial charge is 0.384 e. The summed E-state index contributed by atoms with van der Waals surface area (Å²) in [6, 6.07) is 8.83. The highest BCUT2D eigenvalue weighted by Gasteiger charge is 2.27. The van der Waals surface area contributed by atoms with E-state index in [-0.39, 0.29) is 24.1 Å². The number of carbonyl (C=O) groups is 1. The third kappa shape index (κ3) is 3.48. The molecule has 3 N–H and O–H groups in total. The Morgan fingerprint density at radius 2 is 2.07 bits per heavy atom. The summed E-state index contributed by atoms with van der Waals surface area (Å²) >= 11 is 0. The molecule has 1 unspecified atom stereocenters. The van der Waals surface area contributed by atoms with Crippen molar-refractivity contribution in [1.29, 1.82) is 0 Å². The van der Waals surface area contributed by atoms with E-state index in [4.69, 9.17) is 5.73 Å². The minimum atomic E-state index is -1.20. The van der Waals surface area contributed by atoms with Gasteiger partial charge in [-0.3, -0.25) is 9.48 Å². The van der Waals surface area contributed by atoms with Gasteiger partial charge in [0.05, 0.1) is 12.1 Å². The fraction of sp³-hybridized carbons (Fsp3) is 0.250. The third-order valence-electron chi connectivity index (χ3n) is 4.82. The molecule has 0 saturated heterocycles. The van der Waals surface area contributed by atoms with E-state index < -0.39 is 5.60 Å². The lowest BCUT2D eigenvalue weighted by Crippen LogP contribution is -2.28. The van der Waals surface area contributed by atoms with E-state index in [1.807, 2.05) is 0 Å². The first-order valence-electron chi connectivity index (χ1n) is 9.30. The summed E-state index contributed by atoms with van der Waals surface area (Å²) in [5, 5.41) is 20.4. The minimum Gasteiger partial charge on any atom is -0.384 e. The topological polar surface area (TPSA) is 128 Å². The van der Waals surface area contributed by atoms with Crippen LogP contribution in [0.5, 0.6) is 0 Å². The Balaban J connectivity index is 1.89. The summed E-state index contributed by atoms with van der Waals surface area (Å²) in [5.41, 5.74) is 6.09. The average molecular weight is 406 g/mol. The van der Waals surface area contributed by atoms with Gasteiger partial charge < -0.3 is 15.7 Å². The summed E-state index contributed by atoms with van der Waals surface area (Å²) < 4.78 is 3.20. The highest BCUT2D eigenvalue weighted by Crippen LogP contribution is 2.29. The number of aromatic nitrogens is 6. The van der Waals surface area contributed by atoms with Crippen molar-refractivity contribution in [2.45, 2.75) is 19.1 Å². The van der Waals surface area contributed by atoms with Gasteiger partial charge in [-0.1, -0.05) is 6.07 Å². The molecule has 10 nitrogen and oxygen atoms in total. The Labute approximate surface area is 172 Å². The quantitative estimate of drug-likeness (QED) is 0.510. The van der Waals surface area contributed by atoms with E-state index in [1.165, 1.54) is 15.8 Å². The van der Waals surface area contributed by atoms with Crippen LogP contribution < -0.4 is 5.73 Å². The zero-order valence-corrected chi connectivity index (χ0v) is 16.9. The number of carbonyl (C=O) groups excluding carboxylic acids is 1. The lowest BCUT2D eigenvalue weighted by Gasteiger charge is -2.24. The van der Waals surface area contributed by atoms with Gasteiger partial charge in [0.25, 0.3) is 5.91 Å². The molecule has 4 aromatic rings. The second kappa shape index (κ2) is 7.23. The fourth-order valence-electron chi connectivity index (χ4n) is 3.28. The van der Waals surface area contributed by atoms with Gasteiger partial charge in [-0.05, 0) is 30.7 Å². The van der Waals surface area contributed by atoms with Crippen molar-refractivity contribution in [1.82, 2.24) is 34.4 Å². The molecule has 154 valence electrons. The second-order valence-corrected chi connectivity index (χ2v) is 7.44. The number of nitrogens with two attached hydrogens (primary N) is 1. The van der Waals surface area contributed by atoms with Gasteiger partial charge in [-0.15, -0.1) is 0 Å². The summed E-state index contributed by atoms with van der Waals surface area (Å²) in [6.07, 6.45) is 4.97. The fourth-order valence-corrected chi connectivity index (χ4v) is 3.28. The van der Waals surface area contributed by atoms with Crippen LogP contribution in [0.2, 0.25) is 0 Å². The van der Waals surface area contributed by atoms with Crippen LogP contribution in [0.1, 0.15) is 23.0 Å². The van der Waals surface area contributed by atoms with Crippen LogP contribution in [0.4, 0.5) is 5.95 Å². The zero-order chi connectivity index (χ0) is 21.5. The monoisotopic (exact) mass is 406 g/mol. The highest BCUT2D eigenvalue weighted by atomic mass is 16.3. The number of nitrogen functional groups attached to an aromatic ring is 1. The molecule has 4 rings (SSSR count). The Hall–Kier alpha value is -3.79. The number of hydrogen-bond donors (Lipinski definition) is 2. The number of anilines is 1. The Kier molecular flexibility index (Phi) is 4.70. The van der Waals surface area contributed by atoms with Crippen LogP contribution in [0, 0.1) is 0 Å². The molecule has 0 spiro atoms. The first-order chi connectivity index (χ1) is 14.3. The Bertz CT molecular complexity index is 1210. The maximum atomic E-state index is 12.7. The Morgan fingerprint density at radius 1 is 1.27 bits per heavy atom. The summed E-state index contributed by atoms with van der Waals surface area (Å²) in [5.74, 6) is 0.282. The predicted molar refractivity (Wildman–Crippen MR) is 111 cm³/mol. The summed E-state index contributed by atoms with van der Waals surface area (Å²) in [4.78, 5) is 22.3. The van der Waals surface area contributed by atoms with Crippen molar-refractivity contribution in [3.05, 3.63) is 60.2 Å². The molecule has 0 fully saturated rings. The number of rotatable bonds is 5. The van der Waals surface area contributed by atoms with E-state index in [0.29, 0.717) is 22.3 Å². The van der Waals surface area contributed by atoms with Crippen LogP contribution in [0.15, 0.2) is 48.9 Å². The lowest BCUT2D eigenvalue weighted by atomic mass is 9.94. The maximum absolute atomic E-state index is 12.7. The van der Waals surface area contributed by atoms with Gasteiger partial charge in [0.15, 0.2) is 11.5 Å². The van der Waals surface area contributed by atoms with Gasteiger partial charge in [-0.25, -0.2) is 9.67 Å². The minimum absolute atomic E-state index is 0.0958. The molecule has 30 heavy (non-hydrogen) atoms. The van der Waals surface area contributed by atoms with Crippen molar-refractivity contribution in [2.75, 3.05) is 19.8 Å². The van der Waals surface area contributed by atoms with Gasteiger partial charge in [-0.2, -0.15) is 15.2 Å². The van der Waals surface area contributed by atoms with Crippen LogP contribution in [0.25, 0.3) is 16.7 Å². The number of benzene rings is 1. The van der Waals surface area contributed by atoms with Crippen LogP contribution in [-0.4, -0.2) is 59.5 Å². The van der Waals surface area contributed by atoms with Crippen molar-refractivity contribution < 1.29 is 9.90 Å². The van der Waals surface area contributed by atoms with Gasteiger partial charge in [0.1, 0.15) is 5.60 Å².